The largest absolute Gasteiger partial charge is 2.00 e. The van der Waals surface area contributed by atoms with Crippen LogP contribution in [0.15, 0.2) is 78.9 Å². The number of nitrogens with zero attached hydrogens (tertiary/aromatic N) is 1. The number of amides is 1. The molecule has 284 valence electrons. The van der Waals surface area contributed by atoms with Gasteiger partial charge in [0, 0.05) is 53.5 Å². The van der Waals surface area contributed by atoms with E-state index in [0.29, 0.717) is 36.8 Å². The number of carbonyl (C=O) groups is 2. The molecule has 10 heteroatoms. The van der Waals surface area contributed by atoms with Crippen molar-refractivity contribution in [1.82, 2.24) is 4.72 Å². The Hall–Kier alpha value is -2.38. The molecule has 0 radical (unpaired) electrons. The molecule has 1 amide bonds. The maximum atomic E-state index is 13.2. The number of nitrogens with one attached hydrogen (secondary N) is 1. The van der Waals surface area contributed by atoms with E-state index in [-0.39, 0.29) is 61.1 Å². The molecule has 7 nitrogen and oxygen atoms in total. The molecule has 0 saturated heterocycles. The second kappa shape index (κ2) is 22.2. The minimum absolute atomic E-state index is 0. The fraction of sp³-hybridized carbons (Fsp3) is 0.442. The Morgan fingerprint density at radius 1 is 1.17 bits per heavy atom. The van der Waals surface area contributed by atoms with Gasteiger partial charge in [0.05, 0.1) is 6.10 Å². The van der Waals surface area contributed by atoms with Crippen molar-refractivity contribution in [1.29, 1.82) is 0 Å². The Labute approximate surface area is 346 Å². The third kappa shape index (κ3) is 14.0. The van der Waals surface area contributed by atoms with Crippen LogP contribution in [0.3, 0.4) is 0 Å². The van der Waals surface area contributed by atoms with Crippen LogP contribution in [0.5, 0.6) is 0 Å². The second-order valence-electron chi connectivity index (χ2n) is 14.1. The number of hydrogen-bond acceptors (Lipinski definition) is 6. The molecular weight excluding hydrogens is 930 g/mol. The molecule has 53 heavy (non-hydrogen) atoms. The number of aliphatic hydroxyl groups excluding tert-OH is 1. The number of Topliss-reactive ketones (excluding diaryl/α,β-unsaturated/α-hetero) is 1. The summed E-state index contributed by atoms with van der Waals surface area (Å²) in [4.78, 5) is 27.6. The van der Waals surface area contributed by atoms with Crippen molar-refractivity contribution in [3.63, 3.8) is 0 Å². The molecule has 0 bridgehead atoms. The predicted molar refractivity (Wildman–Crippen MR) is 215 cm³/mol. The molecule has 0 heterocycles. The first-order valence-corrected chi connectivity index (χ1v) is 20.6. The van der Waals surface area contributed by atoms with Crippen LogP contribution >= 0.6 is 11.6 Å². The Morgan fingerprint density at radius 3 is 2.58 bits per heavy atom. The normalized spacial score (nSPS) is 18.2. The van der Waals surface area contributed by atoms with Crippen LogP contribution in [0.25, 0.3) is 0 Å². The van der Waals surface area contributed by atoms with Gasteiger partial charge in [0.1, 0.15) is 11.9 Å². The topological polar surface area (TPSA) is 95.9 Å². The molecule has 1 unspecified atom stereocenters. The minimum Gasteiger partial charge on any atom is -0.389 e. The van der Waals surface area contributed by atoms with Gasteiger partial charge in [-0.25, -0.2) is 4.21 Å². The molecular formula is C43H55ClN2O5SU. The number of ether oxygens (including phenoxy) is 1. The van der Waals surface area contributed by atoms with Crippen molar-refractivity contribution < 1.29 is 54.8 Å². The minimum atomic E-state index is -2.94. The van der Waals surface area contributed by atoms with Crippen LogP contribution in [0.4, 0.5) is 5.69 Å². The zero-order valence-electron chi connectivity index (χ0n) is 31.4. The van der Waals surface area contributed by atoms with E-state index in [2.05, 4.69) is 52.8 Å². The van der Waals surface area contributed by atoms with Crippen LogP contribution in [-0.4, -0.2) is 58.5 Å². The summed E-state index contributed by atoms with van der Waals surface area (Å²) in [5.41, 5.74) is 4.84. The van der Waals surface area contributed by atoms with E-state index in [0.717, 1.165) is 54.9 Å². The quantitative estimate of drug-likeness (QED) is 0.0489. The number of unbranched alkanes of at least 4 members (excludes halogenated alkanes) is 1. The molecule has 0 aliphatic heterocycles. The number of aliphatic hydroxyl groups is 1. The number of carbonyl (C=O) groups excluding carboxylic acids is 2. The summed E-state index contributed by atoms with van der Waals surface area (Å²) in [6, 6.07) is 24.4. The summed E-state index contributed by atoms with van der Waals surface area (Å²) >= 11 is 6.42. The number of methoxy groups -OCH3 is 1. The second-order valence-corrected chi connectivity index (χ2v) is 16.7. The van der Waals surface area contributed by atoms with Crippen molar-refractivity contribution in [2.45, 2.75) is 84.0 Å². The van der Waals surface area contributed by atoms with Crippen molar-refractivity contribution in [2.75, 3.05) is 24.3 Å². The SMILES string of the molecule is C=S(=O)(C[C@@H](C)C/C=C/[C@H](OC)[C@@H]1CC[C@H]1CN(Cc1ccc(Cl)cc1CCC[CH2-])c1[c-]ccc(C(=O)CC)c1)NC(=O)[C@@H](O)Cc1ccccc1.[U+2]. The third-order valence-electron chi connectivity index (χ3n) is 9.90. The maximum Gasteiger partial charge on any atom is 2.00 e. The summed E-state index contributed by atoms with van der Waals surface area (Å²) in [5.74, 6) is 4.05. The molecule has 0 spiro atoms. The van der Waals surface area contributed by atoms with Gasteiger partial charge in [-0.2, -0.15) is 24.6 Å². The Morgan fingerprint density at radius 2 is 1.92 bits per heavy atom. The molecule has 4 rings (SSSR count). The number of benzene rings is 3. The first-order chi connectivity index (χ1) is 24.9. The molecule has 1 aliphatic rings. The van der Waals surface area contributed by atoms with Crippen molar-refractivity contribution >= 4 is 44.6 Å². The first-order valence-electron chi connectivity index (χ1n) is 18.4. The summed E-state index contributed by atoms with van der Waals surface area (Å²) in [6.45, 7) is 9.33. The average Bonchev–Trinajstić information content (AvgIpc) is 3.11. The van der Waals surface area contributed by atoms with Crippen molar-refractivity contribution in [3.05, 3.63) is 119 Å². The van der Waals surface area contributed by atoms with Gasteiger partial charge in [0.15, 0.2) is 0 Å². The van der Waals surface area contributed by atoms with Gasteiger partial charge < -0.3 is 21.7 Å². The molecule has 1 saturated carbocycles. The summed E-state index contributed by atoms with van der Waals surface area (Å²) in [6.07, 6.45) is 8.83. The fourth-order valence-electron chi connectivity index (χ4n) is 6.89. The Kier molecular flexibility index (Phi) is 18.9. The van der Waals surface area contributed by atoms with Gasteiger partial charge >= 0.3 is 31.1 Å². The van der Waals surface area contributed by atoms with Gasteiger partial charge in [-0.15, -0.1) is 6.07 Å². The summed E-state index contributed by atoms with van der Waals surface area (Å²) < 4.78 is 21.7. The number of anilines is 1. The van der Waals surface area contributed by atoms with Crippen LogP contribution in [0.2, 0.25) is 5.02 Å². The van der Waals surface area contributed by atoms with Crippen molar-refractivity contribution in [3.8, 4) is 0 Å². The number of ketones is 1. The Bertz CT molecular complexity index is 1750. The number of rotatable bonds is 21. The molecule has 3 aromatic rings. The van der Waals surface area contributed by atoms with E-state index < -0.39 is 21.7 Å². The number of halogens is 1. The Balaban J connectivity index is 0.00000756. The van der Waals surface area contributed by atoms with Crippen LogP contribution < -0.4 is 9.62 Å². The molecule has 6 atom stereocenters. The molecule has 1 fully saturated rings. The molecule has 1 aliphatic carbocycles. The average molecular weight is 985 g/mol. The zero-order chi connectivity index (χ0) is 37.7. The summed E-state index contributed by atoms with van der Waals surface area (Å²) in [7, 11) is -1.21. The van der Waals surface area contributed by atoms with Gasteiger partial charge in [0.25, 0.3) is 5.91 Å². The monoisotopic (exact) mass is 984 g/mol. The smallest absolute Gasteiger partial charge is 0.389 e. The van der Waals surface area contributed by atoms with E-state index >= 15 is 0 Å². The maximum absolute atomic E-state index is 13.2. The van der Waals surface area contributed by atoms with Gasteiger partial charge in [0.2, 0.25) is 0 Å². The number of allylic oxidation sites excluding steroid dienone is 1. The van der Waals surface area contributed by atoms with E-state index in [9.17, 15) is 18.9 Å². The van der Waals surface area contributed by atoms with E-state index in [1.165, 1.54) is 11.1 Å². The van der Waals surface area contributed by atoms with E-state index in [4.69, 9.17) is 16.3 Å². The summed E-state index contributed by atoms with van der Waals surface area (Å²) in [5, 5.41) is 11.1. The number of aryl methyl sites for hydroxylation is 1. The number of hydrogen-bond donors (Lipinski definition) is 2. The van der Waals surface area contributed by atoms with E-state index in [1.807, 2.05) is 68.4 Å². The first kappa shape index (κ1) is 45.0. The van der Waals surface area contributed by atoms with Gasteiger partial charge in [-0.1, -0.05) is 91.7 Å². The van der Waals surface area contributed by atoms with Crippen molar-refractivity contribution in [2.24, 2.45) is 17.8 Å². The van der Waals surface area contributed by atoms with Gasteiger partial charge in [-0.05, 0) is 78.1 Å². The van der Waals surface area contributed by atoms with Crippen LogP contribution in [0, 0.1) is 61.9 Å². The third-order valence-corrected chi connectivity index (χ3v) is 11.8. The molecule has 2 N–H and O–H groups in total. The molecule has 0 aromatic heterocycles. The molecule has 3 aromatic carbocycles. The zero-order valence-corrected chi connectivity index (χ0v) is 37.1. The van der Waals surface area contributed by atoms with Gasteiger partial charge in [-0.3, -0.25) is 14.3 Å². The van der Waals surface area contributed by atoms with E-state index in [1.54, 1.807) is 7.11 Å². The van der Waals surface area contributed by atoms with Crippen LogP contribution in [-0.2, 0) is 38.6 Å². The predicted octanol–water partition coefficient (Wildman–Crippen LogP) is 7.87. The standard InChI is InChI=1S/C43H55ClN2O5S.U/c1-6-8-17-33-26-37(44)23-21-35(33)28-46(38-19-13-18-34(27-38)40(47)7-2)29-36-22-24-39(36)42(51-4)20-12-14-31(3)30-52(5,50)45-43(49)41(48)25-32-15-10-9-11-16-32;/h9-13,15-16,18,20-21,23,26-27,31,36,39,41-42,48H,1,5-8,14,17,22,24-25,28-30H2,2-4H3,(H,45,49,50);/q-2;+2/b20-12+;/t31-,36-,39+,41-,42-,52?;/m0./s1. The fourth-order valence-corrected chi connectivity index (χ4v) is 8.73. The van der Waals surface area contributed by atoms with Crippen LogP contribution in [0.1, 0.15) is 79.4 Å².